The Hall–Kier alpha value is -2.87. The molecular weight excluding hydrogens is 426 g/mol. The predicted octanol–water partition coefficient (Wildman–Crippen LogP) is 2.65. The lowest BCUT2D eigenvalue weighted by atomic mass is 9.66. The van der Waals surface area contributed by atoms with Crippen LogP contribution in [0.5, 0.6) is 5.75 Å². The van der Waals surface area contributed by atoms with E-state index in [9.17, 15) is 29.4 Å². The molecule has 1 aromatic carbocycles. The smallest absolute Gasteiger partial charge is 0.167 e. The number of nitrogens with zero attached hydrogens (tertiary/aromatic N) is 1. The first kappa shape index (κ1) is 24.8. The highest BCUT2D eigenvalue weighted by molar-refractivity contribution is 6.20. The summed E-state index contributed by atoms with van der Waals surface area (Å²) in [5, 5.41) is 24.3. The minimum absolute atomic E-state index is 0.0222. The summed E-state index contributed by atoms with van der Waals surface area (Å²) >= 11 is 0. The van der Waals surface area contributed by atoms with Gasteiger partial charge in [0.15, 0.2) is 17.3 Å². The van der Waals surface area contributed by atoms with Crippen LogP contribution < -0.4 is 0 Å². The van der Waals surface area contributed by atoms with Crippen LogP contribution in [0.25, 0.3) is 0 Å². The minimum atomic E-state index is -1.30. The van der Waals surface area contributed by atoms with Gasteiger partial charge in [-0.05, 0) is 70.1 Å². The topological polar surface area (TPSA) is 130 Å². The number of carbonyl (C=O) groups is 4. The van der Waals surface area contributed by atoms with Crippen molar-refractivity contribution in [3.05, 3.63) is 28.8 Å². The molecule has 2 aliphatic rings. The van der Waals surface area contributed by atoms with E-state index < -0.39 is 41.7 Å². The molecule has 0 saturated heterocycles. The largest absolute Gasteiger partial charge is 0.507 e. The number of rotatable bonds is 7. The van der Waals surface area contributed by atoms with Crippen LogP contribution in [0.4, 0.5) is 0 Å². The van der Waals surface area contributed by atoms with E-state index in [1.54, 1.807) is 13.0 Å². The summed E-state index contributed by atoms with van der Waals surface area (Å²) in [4.78, 5) is 55.3. The van der Waals surface area contributed by atoms with E-state index in [0.717, 1.165) is 0 Å². The molecule has 1 fully saturated rings. The van der Waals surface area contributed by atoms with E-state index in [4.69, 9.17) is 4.84 Å². The van der Waals surface area contributed by atoms with Crippen LogP contribution in [0, 0.1) is 23.7 Å². The van der Waals surface area contributed by atoms with Gasteiger partial charge in [-0.15, -0.1) is 0 Å². The van der Waals surface area contributed by atoms with Crippen molar-refractivity contribution >= 4 is 28.8 Å². The maximum Gasteiger partial charge on any atom is 0.167 e. The second kappa shape index (κ2) is 9.95. The molecule has 0 radical (unpaired) electrons. The van der Waals surface area contributed by atoms with Crippen molar-refractivity contribution in [3.8, 4) is 5.75 Å². The first-order chi connectivity index (χ1) is 15.5. The van der Waals surface area contributed by atoms with E-state index >= 15 is 0 Å². The van der Waals surface area contributed by atoms with Crippen LogP contribution in [-0.2, 0) is 25.6 Å². The normalized spacial score (nSPS) is 25.9. The molecule has 2 aliphatic carbocycles. The molecular formula is C25H31NO7. The van der Waals surface area contributed by atoms with Gasteiger partial charge in [-0.25, -0.2) is 0 Å². The molecule has 0 aromatic heterocycles. The van der Waals surface area contributed by atoms with Crippen LogP contribution in [0.15, 0.2) is 17.3 Å². The molecule has 0 bridgehead atoms. The third-order valence-corrected chi connectivity index (χ3v) is 6.57. The summed E-state index contributed by atoms with van der Waals surface area (Å²) in [7, 11) is 0. The van der Waals surface area contributed by atoms with Gasteiger partial charge in [0.05, 0.1) is 17.9 Å². The van der Waals surface area contributed by atoms with Crippen LogP contribution in [0.2, 0.25) is 0 Å². The zero-order valence-electron chi connectivity index (χ0n) is 19.5. The number of phenolic OH excluding ortho intramolecular Hbond substituents is 1. The molecule has 0 aliphatic heterocycles. The van der Waals surface area contributed by atoms with E-state index in [-0.39, 0.29) is 42.0 Å². The van der Waals surface area contributed by atoms with Crippen molar-refractivity contribution in [1.82, 2.24) is 0 Å². The highest BCUT2D eigenvalue weighted by Gasteiger charge is 2.46. The summed E-state index contributed by atoms with van der Waals surface area (Å²) in [6.07, 6.45) is 0.904. The minimum Gasteiger partial charge on any atom is -0.507 e. The maximum atomic E-state index is 13.0. The first-order valence-corrected chi connectivity index (χ1v) is 11.3. The summed E-state index contributed by atoms with van der Waals surface area (Å²) in [5.74, 6) is -4.47. The maximum absolute atomic E-state index is 13.0. The third kappa shape index (κ3) is 5.05. The average Bonchev–Trinajstić information content (AvgIpc) is 2.71. The summed E-state index contributed by atoms with van der Waals surface area (Å²) < 4.78 is 0. The molecule has 8 nitrogen and oxygen atoms in total. The Morgan fingerprint density at radius 3 is 2.45 bits per heavy atom. The molecule has 2 N–H and O–H groups in total. The van der Waals surface area contributed by atoms with E-state index in [1.165, 1.54) is 13.0 Å². The molecule has 1 saturated carbocycles. The molecule has 178 valence electrons. The van der Waals surface area contributed by atoms with Crippen molar-refractivity contribution in [2.45, 2.75) is 59.5 Å². The summed E-state index contributed by atoms with van der Waals surface area (Å²) in [6.45, 7) is 6.24. The number of carbonyl (C=O) groups excluding carboxylic acids is 4. The highest BCUT2D eigenvalue weighted by Crippen LogP contribution is 2.40. The number of hydrogen-bond donors (Lipinski definition) is 2. The number of ketones is 4. The summed E-state index contributed by atoms with van der Waals surface area (Å²) in [5.41, 5.74) is 2.22. The average molecular weight is 458 g/mol. The van der Waals surface area contributed by atoms with E-state index in [0.29, 0.717) is 29.7 Å². The molecule has 33 heavy (non-hydrogen) atoms. The lowest BCUT2D eigenvalue weighted by Crippen LogP contribution is -2.46. The van der Waals surface area contributed by atoms with Crippen LogP contribution in [0.3, 0.4) is 0 Å². The van der Waals surface area contributed by atoms with Crippen molar-refractivity contribution in [3.63, 3.8) is 0 Å². The fraction of sp³-hybridized carbons (Fsp3) is 0.560. The standard InChI is InChI=1S/C25H31NO7/c1-12(2)33-26-13(3)17-5-6-20(29)24-18(17)8-15(9-21(24)30)7-16-10-22(31)23(14(4)28)25(32)19(16)11-27/h5-6,12,15-16,19,23,27,29H,7-11H2,1-4H3. The Bertz CT molecular complexity index is 1010. The fourth-order valence-electron chi connectivity index (χ4n) is 5.09. The van der Waals surface area contributed by atoms with Gasteiger partial charge in [0.1, 0.15) is 23.6 Å². The number of fused-ring (bicyclic) bond motifs is 1. The molecule has 0 amide bonds. The Morgan fingerprint density at radius 1 is 1.15 bits per heavy atom. The number of hydrogen-bond acceptors (Lipinski definition) is 8. The van der Waals surface area contributed by atoms with Gasteiger partial charge in [-0.1, -0.05) is 5.16 Å². The number of Topliss-reactive ketones (excluding diaryl/α,β-unsaturated/α-hetero) is 4. The Labute approximate surface area is 193 Å². The molecule has 0 heterocycles. The van der Waals surface area contributed by atoms with Gasteiger partial charge in [0.25, 0.3) is 0 Å². The highest BCUT2D eigenvalue weighted by atomic mass is 16.6. The van der Waals surface area contributed by atoms with Gasteiger partial charge < -0.3 is 15.1 Å². The quantitative estimate of drug-likeness (QED) is 0.366. The van der Waals surface area contributed by atoms with Crippen LogP contribution in [-0.4, -0.2) is 51.8 Å². The van der Waals surface area contributed by atoms with Crippen LogP contribution >= 0.6 is 0 Å². The van der Waals surface area contributed by atoms with Gasteiger partial charge in [-0.2, -0.15) is 0 Å². The monoisotopic (exact) mass is 457 g/mol. The van der Waals surface area contributed by atoms with Gasteiger partial charge in [-0.3, -0.25) is 19.2 Å². The Morgan fingerprint density at radius 2 is 1.85 bits per heavy atom. The SMILES string of the molecule is CC(=O)C1C(=O)CC(CC2CC(=O)c3c(O)ccc(C(C)=NOC(C)C)c3C2)C(CO)C1=O. The van der Waals surface area contributed by atoms with E-state index in [2.05, 4.69) is 5.16 Å². The number of oxime groups is 1. The second-order valence-electron chi connectivity index (χ2n) is 9.42. The van der Waals surface area contributed by atoms with Crippen LogP contribution in [0.1, 0.15) is 68.4 Å². The molecule has 1 aromatic rings. The second-order valence-corrected chi connectivity index (χ2v) is 9.42. The van der Waals surface area contributed by atoms with Crippen molar-refractivity contribution in [1.29, 1.82) is 0 Å². The molecule has 0 spiro atoms. The molecule has 8 heteroatoms. The van der Waals surface area contributed by atoms with Gasteiger partial charge >= 0.3 is 0 Å². The number of aromatic hydroxyl groups is 1. The van der Waals surface area contributed by atoms with Gasteiger partial charge in [0, 0.05) is 24.3 Å². The summed E-state index contributed by atoms with van der Waals surface area (Å²) in [6, 6.07) is 3.18. The number of benzene rings is 1. The van der Waals surface area contributed by atoms with Crippen molar-refractivity contribution in [2.75, 3.05) is 6.61 Å². The van der Waals surface area contributed by atoms with Crippen molar-refractivity contribution in [2.24, 2.45) is 28.8 Å². The Balaban J connectivity index is 1.89. The van der Waals surface area contributed by atoms with Gasteiger partial charge in [0.2, 0.25) is 0 Å². The third-order valence-electron chi connectivity index (χ3n) is 6.57. The number of phenols is 1. The predicted molar refractivity (Wildman–Crippen MR) is 120 cm³/mol. The molecule has 3 rings (SSSR count). The molecule has 4 unspecified atom stereocenters. The van der Waals surface area contributed by atoms with E-state index in [1.807, 2.05) is 13.8 Å². The lowest BCUT2D eigenvalue weighted by molar-refractivity contribution is -0.147. The lowest BCUT2D eigenvalue weighted by Gasteiger charge is -2.35. The first-order valence-electron chi connectivity index (χ1n) is 11.3. The Kier molecular flexibility index (Phi) is 7.47. The molecule has 4 atom stereocenters. The fourth-order valence-corrected chi connectivity index (χ4v) is 5.09. The zero-order valence-corrected chi connectivity index (χ0v) is 19.5. The zero-order chi connectivity index (χ0) is 24.4. The number of aliphatic hydroxyl groups excluding tert-OH is 1. The number of aliphatic hydroxyl groups is 1. The van der Waals surface area contributed by atoms with Crippen molar-refractivity contribution < 1.29 is 34.2 Å².